The average molecular weight is 339 g/mol. The molecule has 6 heteroatoms. The summed E-state index contributed by atoms with van der Waals surface area (Å²) in [5.41, 5.74) is 0. The van der Waals surface area contributed by atoms with E-state index in [2.05, 4.69) is 10.6 Å². The highest BCUT2D eigenvalue weighted by atomic mass is 16.5. The summed E-state index contributed by atoms with van der Waals surface area (Å²) in [5, 5.41) is 5.91. The molecule has 1 saturated carbocycles. The molecule has 3 amide bonds. The summed E-state index contributed by atoms with van der Waals surface area (Å²) in [6.07, 6.45) is 9.27. The third kappa shape index (κ3) is 6.67. The third-order valence-corrected chi connectivity index (χ3v) is 5.07. The van der Waals surface area contributed by atoms with Gasteiger partial charge >= 0.3 is 6.03 Å². The van der Waals surface area contributed by atoms with Gasteiger partial charge in [0.05, 0.1) is 6.61 Å². The van der Waals surface area contributed by atoms with Gasteiger partial charge in [-0.1, -0.05) is 19.3 Å². The van der Waals surface area contributed by atoms with Gasteiger partial charge in [-0.15, -0.1) is 0 Å². The molecular formula is C18H33N3O3. The Hall–Kier alpha value is -1.30. The van der Waals surface area contributed by atoms with Crippen molar-refractivity contribution >= 4 is 11.9 Å². The molecule has 2 N–H and O–H groups in total. The molecule has 2 rings (SSSR count). The van der Waals surface area contributed by atoms with Gasteiger partial charge in [-0.3, -0.25) is 4.79 Å². The van der Waals surface area contributed by atoms with E-state index in [1.54, 1.807) is 7.11 Å². The SMILES string of the molecule is COC[C@H]1CCCN(C(=O)CCCNC(=O)NC2CCCCC2)C1. The molecule has 0 spiro atoms. The van der Waals surface area contributed by atoms with Crippen molar-refractivity contribution in [2.24, 2.45) is 5.92 Å². The van der Waals surface area contributed by atoms with Crippen molar-refractivity contribution in [1.82, 2.24) is 15.5 Å². The van der Waals surface area contributed by atoms with Crippen LogP contribution in [0, 0.1) is 5.92 Å². The van der Waals surface area contributed by atoms with Gasteiger partial charge in [0.2, 0.25) is 5.91 Å². The Balaban J connectivity index is 1.56. The molecule has 6 nitrogen and oxygen atoms in total. The zero-order valence-electron chi connectivity index (χ0n) is 15.0. The molecule has 24 heavy (non-hydrogen) atoms. The topological polar surface area (TPSA) is 70.7 Å². The summed E-state index contributed by atoms with van der Waals surface area (Å²) in [4.78, 5) is 26.1. The number of ether oxygens (including phenoxy) is 1. The number of hydrogen-bond acceptors (Lipinski definition) is 3. The van der Waals surface area contributed by atoms with Gasteiger partial charge in [-0.05, 0) is 38.0 Å². The van der Waals surface area contributed by atoms with Gasteiger partial charge in [0.1, 0.15) is 0 Å². The molecule has 1 aliphatic heterocycles. The molecule has 2 aliphatic rings. The zero-order valence-corrected chi connectivity index (χ0v) is 15.0. The van der Waals surface area contributed by atoms with Crippen molar-refractivity contribution in [2.45, 2.75) is 63.8 Å². The zero-order chi connectivity index (χ0) is 17.2. The van der Waals surface area contributed by atoms with Gasteiger partial charge in [0.15, 0.2) is 0 Å². The molecule has 1 atom stereocenters. The Kier molecular flexibility index (Phi) is 8.36. The second-order valence-electron chi connectivity index (χ2n) is 7.14. The number of carbonyl (C=O) groups excluding carboxylic acids is 2. The van der Waals surface area contributed by atoms with Crippen LogP contribution < -0.4 is 10.6 Å². The molecule has 0 radical (unpaired) electrons. The van der Waals surface area contributed by atoms with Gasteiger partial charge in [0.25, 0.3) is 0 Å². The summed E-state index contributed by atoms with van der Waals surface area (Å²) >= 11 is 0. The van der Waals surface area contributed by atoms with Gasteiger partial charge in [-0.2, -0.15) is 0 Å². The summed E-state index contributed by atoms with van der Waals surface area (Å²) in [7, 11) is 1.71. The fourth-order valence-electron chi connectivity index (χ4n) is 3.75. The smallest absolute Gasteiger partial charge is 0.315 e. The number of likely N-dealkylation sites (tertiary alicyclic amines) is 1. The fourth-order valence-corrected chi connectivity index (χ4v) is 3.75. The molecule has 1 aliphatic carbocycles. The Morgan fingerprint density at radius 1 is 1.12 bits per heavy atom. The molecule has 138 valence electrons. The lowest BCUT2D eigenvalue weighted by molar-refractivity contribution is -0.133. The first-order chi connectivity index (χ1) is 11.7. The monoisotopic (exact) mass is 339 g/mol. The van der Waals surface area contributed by atoms with Crippen LogP contribution in [-0.2, 0) is 9.53 Å². The van der Waals surface area contributed by atoms with Crippen LogP contribution >= 0.6 is 0 Å². The highest BCUT2D eigenvalue weighted by molar-refractivity contribution is 5.76. The van der Waals surface area contributed by atoms with Gasteiger partial charge < -0.3 is 20.3 Å². The molecule has 0 unspecified atom stereocenters. The van der Waals surface area contributed by atoms with Crippen molar-refractivity contribution in [3.05, 3.63) is 0 Å². The molecule has 1 heterocycles. The Labute approximate surface area is 145 Å². The Morgan fingerprint density at radius 2 is 1.92 bits per heavy atom. The van der Waals surface area contributed by atoms with E-state index in [1.165, 1.54) is 19.3 Å². The first-order valence-electron chi connectivity index (χ1n) is 9.50. The standard InChI is InChI=1S/C18H33N3O3/c1-24-14-15-7-6-12-21(13-15)17(22)10-5-11-19-18(23)20-16-8-3-2-4-9-16/h15-16H,2-14H2,1H3,(H2,19,20,23)/t15-/m0/s1. The maximum Gasteiger partial charge on any atom is 0.315 e. The summed E-state index contributed by atoms with van der Waals surface area (Å²) in [6.45, 7) is 2.95. The molecule has 0 aromatic heterocycles. The maximum atomic E-state index is 12.3. The summed E-state index contributed by atoms with van der Waals surface area (Å²) in [6, 6.07) is 0.235. The number of methoxy groups -OCH3 is 1. The number of piperidine rings is 1. The van der Waals surface area contributed by atoms with E-state index in [0.29, 0.717) is 31.3 Å². The van der Waals surface area contributed by atoms with Crippen molar-refractivity contribution in [2.75, 3.05) is 33.4 Å². The van der Waals surface area contributed by atoms with E-state index in [-0.39, 0.29) is 11.9 Å². The second kappa shape index (κ2) is 10.5. The molecular weight excluding hydrogens is 306 g/mol. The van der Waals surface area contributed by atoms with Crippen molar-refractivity contribution in [3.63, 3.8) is 0 Å². The predicted molar refractivity (Wildman–Crippen MR) is 93.8 cm³/mol. The molecule has 0 aromatic carbocycles. The van der Waals surface area contributed by atoms with E-state index in [0.717, 1.165) is 45.4 Å². The van der Waals surface area contributed by atoms with Crippen LogP contribution in [0.3, 0.4) is 0 Å². The van der Waals surface area contributed by atoms with Crippen molar-refractivity contribution < 1.29 is 14.3 Å². The van der Waals surface area contributed by atoms with Crippen LogP contribution in [0.4, 0.5) is 4.79 Å². The number of nitrogens with one attached hydrogen (secondary N) is 2. The normalized spacial score (nSPS) is 22.2. The number of hydrogen-bond donors (Lipinski definition) is 2. The third-order valence-electron chi connectivity index (χ3n) is 5.07. The van der Waals surface area contributed by atoms with E-state index in [4.69, 9.17) is 4.74 Å². The number of urea groups is 1. The van der Waals surface area contributed by atoms with Crippen LogP contribution in [0.1, 0.15) is 57.8 Å². The second-order valence-corrected chi connectivity index (χ2v) is 7.14. The van der Waals surface area contributed by atoms with Crippen LogP contribution in [0.5, 0.6) is 0 Å². The van der Waals surface area contributed by atoms with Crippen molar-refractivity contribution in [1.29, 1.82) is 0 Å². The minimum absolute atomic E-state index is 0.0903. The quantitative estimate of drug-likeness (QED) is 0.699. The summed E-state index contributed by atoms with van der Waals surface area (Å²) < 4.78 is 5.20. The minimum Gasteiger partial charge on any atom is -0.384 e. The van der Waals surface area contributed by atoms with E-state index >= 15 is 0 Å². The molecule has 0 aromatic rings. The van der Waals surface area contributed by atoms with Gasteiger partial charge in [0, 0.05) is 39.2 Å². The van der Waals surface area contributed by atoms with Crippen LogP contribution in [0.2, 0.25) is 0 Å². The van der Waals surface area contributed by atoms with E-state index in [1.807, 2.05) is 4.90 Å². The molecule has 1 saturated heterocycles. The largest absolute Gasteiger partial charge is 0.384 e. The van der Waals surface area contributed by atoms with Crippen molar-refractivity contribution in [3.8, 4) is 0 Å². The van der Waals surface area contributed by atoms with E-state index in [9.17, 15) is 9.59 Å². The lowest BCUT2D eigenvalue weighted by Gasteiger charge is -2.32. The molecule has 2 fully saturated rings. The summed E-state index contributed by atoms with van der Waals surface area (Å²) in [5.74, 6) is 0.664. The highest BCUT2D eigenvalue weighted by Gasteiger charge is 2.23. The maximum absolute atomic E-state index is 12.3. The average Bonchev–Trinajstić information content (AvgIpc) is 2.60. The molecule has 0 bridgehead atoms. The lowest BCUT2D eigenvalue weighted by Crippen LogP contribution is -2.43. The number of carbonyl (C=O) groups is 2. The number of amides is 3. The minimum atomic E-state index is -0.0903. The van der Waals surface area contributed by atoms with Crippen LogP contribution in [0.15, 0.2) is 0 Å². The Morgan fingerprint density at radius 3 is 2.67 bits per heavy atom. The highest BCUT2D eigenvalue weighted by Crippen LogP contribution is 2.18. The lowest BCUT2D eigenvalue weighted by atomic mass is 9.96. The van der Waals surface area contributed by atoms with Crippen LogP contribution in [-0.4, -0.2) is 56.2 Å². The predicted octanol–water partition coefficient (Wildman–Crippen LogP) is 2.28. The Bertz CT molecular complexity index is 395. The van der Waals surface area contributed by atoms with Crippen LogP contribution in [0.25, 0.3) is 0 Å². The first kappa shape index (κ1) is 19.0. The number of rotatable bonds is 7. The number of nitrogens with zero attached hydrogens (tertiary/aromatic N) is 1. The van der Waals surface area contributed by atoms with Gasteiger partial charge in [-0.25, -0.2) is 4.79 Å². The fraction of sp³-hybridized carbons (Fsp3) is 0.889. The van der Waals surface area contributed by atoms with E-state index < -0.39 is 0 Å². The first-order valence-corrected chi connectivity index (χ1v) is 9.50.